The predicted molar refractivity (Wildman–Crippen MR) is 53.3 cm³/mol. The Kier molecular flexibility index (Phi) is 1.76. The number of ketones is 1. The van der Waals surface area contributed by atoms with E-state index in [2.05, 4.69) is 19.9 Å². The number of rotatable bonds is 0. The molecule has 1 unspecified atom stereocenters. The summed E-state index contributed by atoms with van der Waals surface area (Å²) < 4.78 is 0. The minimum atomic E-state index is 0.323. The summed E-state index contributed by atoms with van der Waals surface area (Å²) in [6, 6.07) is 4.16. The second kappa shape index (κ2) is 2.69. The highest BCUT2D eigenvalue weighted by molar-refractivity contribution is 6.02. The minimum Gasteiger partial charge on any atom is -0.294 e. The molecule has 0 bridgehead atoms. The maximum absolute atomic E-state index is 11.6. The highest BCUT2D eigenvalue weighted by Crippen LogP contribution is 2.36. The number of Topliss-reactive ketones (excluding diaryl/α,β-unsaturated/α-hetero) is 1. The Hall–Kier alpha value is -1.11. The molecule has 0 radical (unpaired) electrons. The molecule has 0 spiro atoms. The molecule has 0 amide bonds. The Morgan fingerprint density at radius 3 is 2.46 bits per heavy atom. The van der Waals surface area contributed by atoms with Crippen LogP contribution in [0.25, 0.3) is 0 Å². The molecule has 1 aliphatic carbocycles. The van der Waals surface area contributed by atoms with E-state index in [0.29, 0.717) is 18.1 Å². The third-order valence-electron chi connectivity index (χ3n) is 2.94. The summed E-state index contributed by atoms with van der Waals surface area (Å²) in [6.07, 6.45) is 0.695. The molecule has 1 heteroatoms. The van der Waals surface area contributed by atoms with Gasteiger partial charge in [0, 0.05) is 12.0 Å². The molecule has 68 valence electrons. The van der Waals surface area contributed by atoms with Crippen LogP contribution < -0.4 is 0 Å². The SMILES string of the molecule is Cc1ccc(C)c2c1C(=O)CC2C. The summed E-state index contributed by atoms with van der Waals surface area (Å²) in [7, 11) is 0. The Balaban J connectivity index is 2.74. The molecular formula is C12H14O. The van der Waals surface area contributed by atoms with Crippen LogP contribution in [-0.4, -0.2) is 5.78 Å². The van der Waals surface area contributed by atoms with Gasteiger partial charge in [0.05, 0.1) is 0 Å². The molecule has 0 aromatic heterocycles. The fraction of sp³-hybridized carbons (Fsp3) is 0.417. The van der Waals surface area contributed by atoms with Crippen LogP contribution >= 0.6 is 0 Å². The van der Waals surface area contributed by atoms with Gasteiger partial charge < -0.3 is 0 Å². The lowest BCUT2D eigenvalue weighted by Gasteiger charge is -2.08. The largest absolute Gasteiger partial charge is 0.294 e. The molecule has 2 rings (SSSR count). The van der Waals surface area contributed by atoms with Crippen LogP contribution in [0.15, 0.2) is 12.1 Å². The molecule has 0 saturated heterocycles. The first-order valence-corrected chi connectivity index (χ1v) is 4.74. The lowest BCUT2D eigenvalue weighted by Crippen LogP contribution is -1.96. The van der Waals surface area contributed by atoms with Crippen LogP contribution in [0.1, 0.15) is 46.3 Å². The van der Waals surface area contributed by atoms with E-state index in [1.54, 1.807) is 0 Å². The number of benzene rings is 1. The van der Waals surface area contributed by atoms with Crippen molar-refractivity contribution >= 4 is 5.78 Å². The van der Waals surface area contributed by atoms with Crippen molar-refractivity contribution in [1.29, 1.82) is 0 Å². The fourth-order valence-electron chi connectivity index (χ4n) is 2.32. The third-order valence-corrected chi connectivity index (χ3v) is 2.94. The van der Waals surface area contributed by atoms with Gasteiger partial charge in [0.1, 0.15) is 0 Å². The van der Waals surface area contributed by atoms with E-state index in [1.807, 2.05) is 13.0 Å². The summed E-state index contributed by atoms with van der Waals surface area (Å²) >= 11 is 0. The Bertz CT molecular complexity index is 377. The lowest BCUT2D eigenvalue weighted by molar-refractivity contribution is 0.0989. The number of hydrogen-bond donors (Lipinski definition) is 0. The second-order valence-corrected chi connectivity index (χ2v) is 4.02. The third kappa shape index (κ3) is 1.11. The molecular weight excluding hydrogens is 160 g/mol. The van der Waals surface area contributed by atoms with E-state index in [9.17, 15) is 4.79 Å². The first kappa shape index (κ1) is 8.49. The Morgan fingerprint density at radius 1 is 1.23 bits per heavy atom. The average Bonchev–Trinajstić information content (AvgIpc) is 2.36. The van der Waals surface area contributed by atoms with Gasteiger partial charge in [-0.25, -0.2) is 0 Å². The molecule has 1 aromatic rings. The topological polar surface area (TPSA) is 17.1 Å². The molecule has 0 saturated carbocycles. The monoisotopic (exact) mass is 174 g/mol. The first-order chi connectivity index (χ1) is 6.11. The zero-order valence-electron chi connectivity index (χ0n) is 8.35. The van der Waals surface area contributed by atoms with Crippen LogP contribution in [0.5, 0.6) is 0 Å². The van der Waals surface area contributed by atoms with Crippen molar-refractivity contribution in [1.82, 2.24) is 0 Å². The van der Waals surface area contributed by atoms with Crippen molar-refractivity contribution in [2.24, 2.45) is 0 Å². The van der Waals surface area contributed by atoms with Gasteiger partial charge in [0.15, 0.2) is 5.78 Å². The van der Waals surface area contributed by atoms with Crippen LogP contribution in [0.4, 0.5) is 0 Å². The zero-order chi connectivity index (χ0) is 9.59. The van der Waals surface area contributed by atoms with E-state index in [-0.39, 0.29) is 0 Å². The maximum atomic E-state index is 11.6. The summed E-state index contributed by atoms with van der Waals surface area (Å²) in [4.78, 5) is 11.6. The smallest absolute Gasteiger partial charge is 0.164 e. The summed E-state index contributed by atoms with van der Waals surface area (Å²) in [5, 5.41) is 0. The van der Waals surface area contributed by atoms with Gasteiger partial charge >= 0.3 is 0 Å². The number of hydrogen-bond acceptors (Lipinski definition) is 1. The normalized spacial score (nSPS) is 20.5. The van der Waals surface area contributed by atoms with Gasteiger partial charge in [-0.2, -0.15) is 0 Å². The van der Waals surface area contributed by atoms with Gasteiger partial charge in [-0.3, -0.25) is 4.79 Å². The number of carbonyl (C=O) groups is 1. The molecule has 1 aliphatic rings. The molecule has 1 aromatic carbocycles. The van der Waals surface area contributed by atoms with Crippen molar-refractivity contribution in [2.75, 3.05) is 0 Å². The van der Waals surface area contributed by atoms with Crippen molar-refractivity contribution in [2.45, 2.75) is 33.1 Å². The molecule has 0 N–H and O–H groups in total. The zero-order valence-corrected chi connectivity index (χ0v) is 8.35. The summed E-state index contributed by atoms with van der Waals surface area (Å²) in [5.41, 5.74) is 4.67. The summed E-state index contributed by atoms with van der Waals surface area (Å²) in [6.45, 7) is 6.25. The van der Waals surface area contributed by atoms with Crippen LogP contribution in [-0.2, 0) is 0 Å². The molecule has 1 atom stereocenters. The van der Waals surface area contributed by atoms with Gasteiger partial charge in [0.25, 0.3) is 0 Å². The van der Waals surface area contributed by atoms with Crippen LogP contribution in [0.2, 0.25) is 0 Å². The van der Waals surface area contributed by atoms with E-state index in [0.717, 1.165) is 11.1 Å². The van der Waals surface area contributed by atoms with Gasteiger partial charge in [0.2, 0.25) is 0 Å². The number of fused-ring (bicyclic) bond motifs is 1. The first-order valence-electron chi connectivity index (χ1n) is 4.74. The number of aryl methyl sites for hydroxylation is 2. The van der Waals surface area contributed by atoms with E-state index < -0.39 is 0 Å². The van der Waals surface area contributed by atoms with Crippen molar-refractivity contribution in [3.8, 4) is 0 Å². The lowest BCUT2D eigenvalue weighted by atomic mass is 9.95. The van der Waals surface area contributed by atoms with Gasteiger partial charge in [-0.05, 0) is 36.5 Å². The van der Waals surface area contributed by atoms with Crippen LogP contribution in [0.3, 0.4) is 0 Å². The predicted octanol–water partition coefficient (Wildman–Crippen LogP) is 2.99. The molecule has 0 heterocycles. The van der Waals surface area contributed by atoms with Crippen LogP contribution in [0, 0.1) is 13.8 Å². The Morgan fingerprint density at radius 2 is 1.85 bits per heavy atom. The molecule has 1 nitrogen and oxygen atoms in total. The highest BCUT2D eigenvalue weighted by Gasteiger charge is 2.28. The van der Waals surface area contributed by atoms with Gasteiger partial charge in [-0.1, -0.05) is 19.1 Å². The molecule has 13 heavy (non-hydrogen) atoms. The standard InChI is InChI=1S/C12H14O/c1-7-4-5-8(2)12-10(13)6-9(3)11(7)12/h4-5,9H,6H2,1-3H3. The van der Waals surface area contributed by atoms with E-state index in [1.165, 1.54) is 11.1 Å². The van der Waals surface area contributed by atoms with Crippen molar-refractivity contribution < 1.29 is 4.79 Å². The van der Waals surface area contributed by atoms with E-state index >= 15 is 0 Å². The van der Waals surface area contributed by atoms with Crippen molar-refractivity contribution in [3.05, 3.63) is 34.4 Å². The summed E-state index contributed by atoms with van der Waals surface area (Å²) in [5.74, 6) is 0.742. The quantitative estimate of drug-likeness (QED) is 0.591. The number of carbonyl (C=O) groups excluding carboxylic acids is 1. The highest BCUT2D eigenvalue weighted by atomic mass is 16.1. The molecule has 0 fully saturated rings. The second-order valence-electron chi connectivity index (χ2n) is 4.02. The van der Waals surface area contributed by atoms with E-state index in [4.69, 9.17) is 0 Å². The average molecular weight is 174 g/mol. The van der Waals surface area contributed by atoms with Crippen molar-refractivity contribution in [3.63, 3.8) is 0 Å². The maximum Gasteiger partial charge on any atom is 0.164 e. The molecule has 0 aliphatic heterocycles. The fourth-order valence-corrected chi connectivity index (χ4v) is 2.32. The Labute approximate surface area is 78.8 Å². The minimum absolute atomic E-state index is 0.323. The van der Waals surface area contributed by atoms with Gasteiger partial charge in [-0.15, -0.1) is 0 Å².